The van der Waals surface area contributed by atoms with Gasteiger partial charge in [-0.3, -0.25) is 0 Å². The summed E-state index contributed by atoms with van der Waals surface area (Å²) < 4.78 is 0. The van der Waals surface area contributed by atoms with Crippen molar-refractivity contribution in [1.82, 2.24) is 0 Å². The summed E-state index contributed by atoms with van der Waals surface area (Å²) in [7, 11) is 0. The van der Waals surface area contributed by atoms with Gasteiger partial charge in [0.05, 0.1) is 0 Å². The van der Waals surface area contributed by atoms with E-state index in [2.05, 4.69) is 48.9 Å². The maximum absolute atomic E-state index is 7.13. The first kappa shape index (κ1) is 29.2. The number of hydrogen-bond donors (Lipinski definition) is 0. The van der Waals surface area contributed by atoms with Gasteiger partial charge in [0.2, 0.25) is 0 Å². The van der Waals surface area contributed by atoms with E-state index in [4.69, 9.17) is 21.6 Å². The fraction of sp³-hybridized carbons (Fsp3) is 0. The number of thiocarbonyl (C=S) groups is 4. The predicted molar refractivity (Wildman–Crippen MR) is 63.8 cm³/mol. The monoisotopic (exact) mass is 464 g/mol. The van der Waals surface area contributed by atoms with E-state index in [1.807, 2.05) is 0 Å². The molecule has 13 heavy (non-hydrogen) atoms. The molecule has 0 aliphatic rings. The molecule has 0 saturated carbocycles. The normalized spacial score (nSPS) is 2.46. The Bertz CT molecular complexity index is 156. The van der Waals surface area contributed by atoms with Crippen LogP contribution < -0.4 is 0 Å². The van der Waals surface area contributed by atoms with Gasteiger partial charge in [0.1, 0.15) is 0 Å². The third kappa shape index (κ3) is 5040. The van der Waals surface area contributed by atoms with E-state index < -0.39 is 0 Å². The summed E-state index contributed by atoms with van der Waals surface area (Å²) in [6, 6.07) is 0. The topological polar surface area (TPSA) is 89.2 Å². The molecule has 0 N–H and O–H groups in total. The van der Waals surface area contributed by atoms with E-state index in [0.717, 1.165) is 0 Å². The molecule has 0 heterocycles. The first-order chi connectivity index (χ1) is 5.66. The maximum Gasteiger partial charge on any atom is 4.00 e. The van der Waals surface area contributed by atoms with Gasteiger partial charge in [-0.1, -0.05) is 48.9 Å². The van der Waals surface area contributed by atoms with Crippen LogP contribution in [0.1, 0.15) is 0 Å². The molecule has 0 rings (SSSR count). The summed E-state index contributed by atoms with van der Waals surface area (Å²) >= 11 is 14.8. The molecule has 0 aromatic carbocycles. The Morgan fingerprint density at radius 1 is 0.538 bits per heavy atom. The van der Waals surface area contributed by atoms with Crippen LogP contribution in [-0.2, 0) is 0 Å². The summed E-state index contributed by atoms with van der Waals surface area (Å²) in [6.45, 7) is 0. The van der Waals surface area contributed by atoms with Crippen molar-refractivity contribution in [3.8, 4) is 0 Å². The fourth-order valence-electron chi connectivity index (χ4n) is 0. The molecule has 0 aliphatic carbocycles. The number of rotatable bonds is 0. The van der Waals surface area contributed by atoms with E-state index in [9.17, 15) is 0 Å². The zero-order valence-corrected chi connectivity index (χ0v) is 13.3. The summed E-state index contributed by atoms with van der Waals surface area (Å²) in [6.07, 6.45) is 0. The average molecular weight is 464 g/mol. The summed E-state index contributed by atoms with van der Waals surface area (Å²) in [5, 5.41) is 33.9. The van der Waals surface area contributed by atoms with E-state index in [1.165, 1.54) is 20.6 Å². The molecule has 0 amide bonds. The molecular formula is C4N4S4Th. The third-order valence-electron chi connectivity index (χ3n) is 0. The Balaban J connectivity index is -0.0000000213. The second-order valence-corrected chi connectivity index (χ2v) is 1.10. The number of nitrogens with zero attached hydrogens (tertiary/aromatic N) is 4. The van der Waals surface area contributed by atoms with E-state index in [-0.39, 0.29) is 39.9 Å². The van der Waals surface area contributed by atoms with Crippen molar-refractivity contribution in [2.45, 2.75) is 0 Å². The molecule has 0 aromatic heterocycles. The van der Waals surface area contributed by atoms with Crippen molar-refractivity contribution in [2.75, 3.05) is 0 Å². The van der Waals surface area contributed by atoms with Gasteiger partial charge in [0.25, 0.3) is 0 Å². The molecule has 0 saturated heterocycles. The Morgan fingerprint density at radius 2 is 0.538 bits per heavy atom. The van der Waals surface area contributed by atoms with Crippen LogP contribution in [-0.4, -0.2) is 20.6 Å². The van der Waals surface area contributed by atoms with Crippen LogP contribution in [0.5, 0.6) is 0 Å². The SMILES string of the molecule is [N-]=C=S.[N-]=C=S.[N-]=C=S.[N-]=C=S.[Th+4]. The van der Waals surface area contributed by atoms with Crippen molar-refractivity contribution in [3.05, 3.63) is 21.6 Å². The molecule has 0 bridgehead atoms. The standard InChI is InChI=1S/4CNS.Th/c4*2-1-3;/q4*-1;+4. The van der Waals surface area contributed by atoms with Gasteiger partial charge in [0, 0.05) is 0 Å². The van der Waals surface area contributed by atoms with Gasteiger partial charge < -0.3 is 21.6 Å². The minimum absolute atomic E-state index is 0. The largest absolute Gasteiger partial charge is 4.00 e. The van der Waals surface area contributed by atoms with Crippen LogP contribution in [0.2, 0.25) is 0 Å². The Hall–Kier alpha value is 0.525. The van der Waals surface area contributed by atoms with E-state index in [0.29, 0.717) is 0 Å². The van der Waals surface area contributed by atoms with Gasteiger partial charge in [-0.2, -0.15) is 20.6 Å². The Kier molecular flexibility index (Phi) is 182. The van der Waals surface area contributed by atoms with Crippen LogP contribution in [0.15, 0.2) is 0 Å². The Labute approximate surface area is 129 Å². The first-order valence-corrected chi connectivity index (χ1v) is 3.34. The molecule has 4 nitrogen and oxygen atoms in total. The molecule has 0 atom stereocenters. The van der Waals surface area contributed by atoms with Crippen LogP contribution in [0.3, 0.4) is 0 Å². The summed E-state index contributed by atoms with van der Waals surface area (Å²) in [4.78, 5) is 0. The first-order valence-electron chi connectivity index (χ1n) is 1.71. The fourth-order valence-corrected chi connectivity index (χ4v) is 0. The zero-order valence-electron chi connectivity index (χ0n) is 5.92. The molecule has 0 aliphatic heterocycles. The minimum Gasteiger partial charge on any atom is -0.753 e. The Morgan fingerprint density at radius 3 is 0.538 bits per heavy atom. The molecule has 64 valence electrons. The minimum atomic E-state index is 0. The predicted octanol–water partition coefficient (Wildman–Crippen LogP) is 2.63. The molecule has 0 spiro atoms. The van der Waals surface area contributed by atoms with Crippen molar-refractivity contribution < 1.29 is 39.9 Å². The van der Waals surface area contributed by atoms with Crippen LogP contribution in [0.4, 0.5) is 0 Å². The summed E-state index contributed by atoms with van der Waals surface area (Å²) in [5.74, 6) is 0. The molecule has 9 heteroatoms. The smallest absolute Gasteiger partial charge is 0.753 e. The van der Waals surface area contributed by atoms with Crippen molar-refractivity contribution in [3.63, 3.8) is 0 Å². The van der Waals surface area contributed by atoms with Gasteiger partial charge in [-0.05, 0) is 0 Å². The third-order valence-corrected chi connectivity index (χ3v) is 0. The average Bonchev–Trinajstić information content (AvgIpc) is 1.92. The quantitative estimate of drug-likeness (QED) is 0.407. The number of hydrogen-bond acceptors (Lipinski definition) is 4. The second-order valence-electron chi connectivity index (χ2n) is 0.365. The second kappa shape index (κ2) is 81.3. The van der Waals surface area contributed by atoms with Gasteiger partial charge in [-0.25, -0.2) is 0 Å². The van der Waals surface area contributed by atoms with Crippen molar-refractivity contribution in [1.29, 1.82) is 0 Å². The van der Waals surface area contributed by atoms with Gasteiger partial charge in [-0.15, -0.1) is 0 Å². The van der Waals surface area contributed by atoms with Crippen molar-refractivity contribution in [2.24, 2.45) is 0 Å². The van der Waals surface area contributed by atoms with E-state index >= 15 is 0 Å². The molecular weight excluding hydrogens is 464 g/mol. The van der Waals surface area contributed by atoms with E-state index in [1.54, 1.807) is 0 Å². The van der Waals surface area contributed by atoms with Crippen molar-refractivity contribution >= 4 is 69.5 Å². The van der Waals surface area contributed by atoms with Crippen LogP contribution >= 0.6 is 48.9 Å². The molecule has 0 aromatic rings. The van der Waals surface area contributed by atoms with Crippen LogP contribution in [0, 0.1) is 39.9 Å². The number of isothiocyanates is 4. The zero-order chi connectivity index (χ0) is 10.8. The van der Waals surface area contributed by atoms with Gasteiger partial charge >= 0.3 is 39.9 Å². The van der Waals surface area contributed by atoms with Crippen LogP contribution in [0.25, 0.3) is 21.6 Å². The molecule has 0 radical (unpaired) electrons. The molecule has 0 fully saturated rings. The van der Waals surface area contributed by atoms with Gasteiger partial charge in [0.15, 0.2) is 0 Å². The maximum atomic E-state index is 7.13. The molecule has 0 unspecified atom stereocenters. The summed E-state index contributed by atoms with van der Waals surface area (Å²) in [5.41, 5.74) is 0.